The lowest BCUT2D eigenvalue weighted by Crippen LogP contribution is -2.39. The van der Waals surface area contributed by atoms with Gasteiger partial charge in [0.1, 0.15) is 11.1 Å². The van der Waals surface area contributed by atoms with Gasteiger partial charge in [-0.15, -0.1) is 0 Å². The molecule has 0 unspecified atom stereocenters. The summed E-state index contributed by atoms with van der Waals surface area (Å²) in [6.07, 6.45) is 10.7. The van der Waals surface area contributed by atoms with Crippen LogP contribution >= 0.6 is 0 Å². The highest BCUT2D eigenvalue weighted by atomic mass is 16.5. The molecular weight excluding hydrogens is 518 g/mol. The summed E-state index contributed by atoms with van der Waals surface area (Å²) < 4.78 is 9.23. The molecule has 0 saturated heterocycles. The van der Waals surface area contributed by atoms with Gasteiger partial charge >= 0.3 is 0 Å². The molecule has 10 heteroatoms. The quantitative estimate of drug-likeness (QED) is 0.379. The molecule has 5 heterocycles. The van der Waals surface area contributed by atoms with Crippen molar-refractivity contribution < 1.29 is 9.53 Å². The maximum atomic E-state index is 13.6. The van der Waals surface area contributed by atoms with Crippen LogP contribution in [0.5, 0.6) is 5.75 Å². The minimum atomic E-state index is -0.164. The van der Waals surface area contributed by atoms with E-state index >= 15 is 0 Å². The fourth-order valence-corrected chi connectivity index (χ4v) is 6.65. The number of nitrogens with zero attached hydrogens (tertiary/aromatic N) is 6. The number of hydrogen-bond donors (Lipinski definition) is 1. The molecule has 1 fully saturated rings. The summed E-state index contributed by atoms with van der Waals surface area (Å²) in [5.74, 6) is 1.02. The molecule has 2 aromatic carbocycles. The Balaban J connectivity index is 1.24. The van der Waals surface area contributed by atoms with Gasteiger partial charge < -0.3 is 15.0 Å². The molecule has 2 aromatic heterocycles. The van der Waals surface area contributed by atoms with E-state index in [-0.39, 0.29) is 23.6 Å². The molecule has 10 nitrogen and oxygen atoms in total. The van der Waals surface area contributed by atoms with Crippen LogP contribution in [0.4, 0.5) is 17.3 Å². The van der Waals surface area contributed by atoms with Crippen molar-refractivity contribution in [3.8, 4) is 11.4 Å². The number of aromatic nitrogens is 4. The SMILES string of the molecule is CN1CCc2ccc(Nc3ncc4c(=O)n5n(c4n3)-c3ccc4c(c3)N(CCC/C=C\C5)C(=O)CO4)cc2C12CC2. The molecular formula is C31H31N7O3. The molecule has 1 aliphatic carbocycles. The second kappa shape index (κ2) is 9.04. The van der Waals surface area contributed by atoms with Crippen LogP contribution < -0.4 is 20.5 Å². The first-order chi connectivity index (χ1) is 20.0. The Morgan fingerprint density at radius 3 is 2.83 bits per heavy atom. The third-order valence-corrected chi connectivity index (χ3v) is 9.04. The lowest BCUT2D eigenvalue weighted by atomic mass is 9.90. The van der Waals surface area contributed by atoms with Gasteiger partial charge in [-0.3, -0.25) is 14.5 Å². The second-order valence-electron chi connectivity index (χ2n) is 11.4. The molecule has 8 rings (SSSR count). The summed E-state index contributed by atoms with van der Waals surface area (Å²) in [6.45, 7) is 2.12. The van der Waals surface area contributed by atoms with Gasteiger partial charge in [0.2, 0.25) is 5.95 Å². The predicted octanol–water partition coefficient (Wildman–Crippen LogP) is 3.88. The summed E-state index contributed by atoms with van der Waals surface area (Å²) in [4.78, 5) is 40.0. The zero-order chi connectivity index (χ0) is 27.7. The number of benzene rings is 2. The number of nitrogens with one attached hydrogen (secondary N) is 1. The largest absolute Gasteiger partial charge is 0.482 e. The Hall–Kier alpha value is -4.44. The number of ether oxygens (including phenoxy) is 1. The maximum absolute atomic E-state index is 13.6. The van der Waals surface area contributed by atoms with E-state index in [4.69, 9.17) is 9.72 Å². The monoisotopic (exact) mass is 549 g/mol. The highest BCUT2D eigenvalue weighted by Gasteiger charge is 2.50. The van der Waals surface area contributed by atoms with E-state index in [0.29, 0.717) is 41.5 Å². The van der Waals surface area contributed by atoms with Crippen molar-refractivity contribution in [1.82, 2.24) is 24.2 Å². The maximum Gasteiger partial charge on any atom is 0.278 e. The Bertz CT molecular complexity index is 1820. The lowest BCUT2D eigenvalue weighted by Gasteiger charge is -2.35. The van der Waals surface area contributed by atoms with E-state index < -0.39 is 0 Å². The van der Waals surface area contributed by atoms with Crippen LogP contribution in [-0.4, -0.2) is 56.9 Å². The second-order valence-corrected chi connectivity index (χ2v) is 11.4. The number of carbonyl (C=O) groups excluding carboxylic acids is 1. The van der Waals surface area contributed by atoms with Crippen LogP contribution in [0.25, 0.3) is 16.7 Å². The number of allylic oxidation sites excluding steroid dienone is 2. The number of hydrogen-bond acceptors (Lipinski definition) is 7. The summed E-state index contributed by atoms with van der Waals surface area (Å²) in [6, 6.07) is 12.2. The fraction of sp³-hybridized carbons (Fsp3) is 0.355. The Labute approximate surface area is 236 Å². The van der Waals surface area contributed by atoms with Crippen molar-refractivity contribution in [1.29, 1.82) is 0 Å². The summed E-state index contributed by atoms with van der Waals surface area (Å²) in [5.41, 5.74) is 5.68. The molecule has 1 N–H and O–H groups in total. The Morgan fingerprint density at radius 1 is 1.05 bits per heavy atom. The third-order valence-electron chi connectivity index (χ3n) is 9.04. The number of rotatable bonds is 2. The molecule has 1 amide bonds. The summed E-state index contributed by atoms with van der Waals surface area (Å²) in [7, 11) is 2.22. The highest BCUT2D eigenvalue weighted by Crippen LogP contribution is 2.54. The molecule has 208 valence electrons. The molecule has 4 aliphatic rings. The normalized spacial score (nSPS) is 20.0. The van der Waals surface area contributed by atoms with Gasteiger partial charge in [0.25, 0.3) is 11.5 Å². The van der Waals surface area contributed by atoms with Crippen LogP contribution in [0.2, 0.25) is 0 Å². The van der Waals surface area contributed by atoms with Crippen LogP contribution in [-0.2, 0) is 23.3 Å². The van der Waals surface area contributed by atoms with E-state index in [2.05, 4.69) is 46.5 Å². The first-order valence-corrected chi connectivity index (χ1v) is 14.3. The molecule has 2 bridgehead atoms. The van der Waals surface area contributed by atoms with E-state index in [0.717, 1.165) is 37.2 Å². The van der Waals surface area contributed by atoms with Crippen molar-refractivity contribution in [3.63, 3.8) is 0 Å². The van der Waals surface area contributed by atoms with Crippen LogP contribution in [0.3, 0.4) is 0 Å². The van der Waals surface area contributed by atoms with Gasteiger partial charge in [0.05, 0.1) is 17.9 Å². The molecule has 41 heavy (non-hydrogen) atoms. The molecule has 3 aliphatic heterocycles. The van der Waals surface area contributed by atoms with Crippen molar-refractivity contribution in [2.24, 2.45) is 0 Å². The number of amides is 1. The van der Waals surface area contributed by atoms with E-state index in [1.807, 2.05) is 29.0 Å². The number of fused-ring (bicyclic) bond motifs is 7. The minimum Gasteiger partial charge on any atom is -0.482 e. The third kappa shape index (κ3) is 3.81. The first-order valence-electron chi connectivity index (χ1n) is 14.3. The molecule has 4 aromatic rings. The average molecular weight is 550 g/mol. The number of anilines is 3. The standard InChI is InChI=1S/C31H31N7O3/c1-35-15-10-20-6-7-21(16-24(20)31(35)11-12-31)33-30-32-18-23-28(34-30)38-22-8-9-26-25(17-22)36(27(39)19-41-26)13-4-2-3-5-14-37(38)29(23)40/h3,5-9,16-18H,2,4,10-15,19H2,1H3,(H,32,33,34)/b5-3-. The number of carbonyl (C=O) groups is 1. The van der Waals surface area contributed by atoms with E-state index in [9.17, 15) is 9.59 Å². The van der Waals surface area contributed by atoms with Gasteiger partial charge in [-0.1, -0.05) is 18.2 Å². The van der Waals surface area contributed by atoms with Crippen LogP contribution in [0, 0.1) is 0 Å². The smallest absolute Gasteiger partial charge is 0.278 e. The number of likely N-dealkylation sites (N-methyl/N-ethyl adjacent to an activating group) is 1. The predicted molar refractivity (Wildman–Crippen MR) is 156 cm³/mol. The molecule has 1 spiro atoms. The Kier molecular flexibility index (Phi) is 5.37. The summed E-state index contributed by atoms with van der Waals surface area (Å²) >= 11 is 0. The van der Waals surface area contributed by atoms with Gasteiger partial charge in [0, 0.05) is 30.5 Å². The average Bonchev–Trinajstić information content (AvgIpc) is 3.73. The molecule has 1 saturated carbocycles. The lowest BCUT2D eigenvalue weighted by molar-refractivity contribution is -0.121. The van der Waals surface area contributed by atoms with Gasteiger partial charge in [0.15, 0.2) is 12.3 Å². The Morgan fingerprint density at radius 2 is 1.95 bits per heavy atom. The van der Waals surface area contributed by atoms with Crippen LogP contribution in [0.15, 0.2) is 59.5 Å². The molecule has 0 atom stereocenters. The van der Waals surface area contributed by atoms with Gasteiger partial charge in [-0.05, 0) is 80.6 Å². The van der Waals surface area contributed by atoms with E-state index in [1.54, 1.807) is 15.8 Å². The summed E-state index contributed by atoms with van der Waals surface area (Å²) in [5, 5.41) is 3.84. The first kappa shape index (κ1) is 24.4. The fourth-order valence-electron chi connectivity index (χ4n) is 6.65. The minimum absolute atomic E-state index is 0.0295. The molecule has 0 radical (unpaired) electrons. The van der Waals surface area contributed by atoms with Crippen molar-refractivity contribution in [3.05, 3.63) is 76.2 Å². The zero-order valence-electron chi connectivity index (χ0n) is 23.0. The van der Waals surface area contributed by atoms with E-state index in [1.165, 1.54) is 24.0 Å². The van der Waals surface area contributed by atoms with Crippen LogP contribution in [0.1, 0.15) is 36.8 Å². The van der Waals surface area contributed by atoms with Crippen molar-refractivity contribution in [2.45, 2.75) is 44.2 Å². The van der Waals surface area contributed by atoms with Crippen molar-refractivity contribution >= 4 is 34.3 Å². The highest BCUT2D eigenvalue weighted by molar-refractivity contribution is 5.98. The zero-order valence-corrected chi connectivity index (χ0v) is 23.0. The van der Waals surface area contributed by atoms with Gasteiger partial charge in [-0.2, -0.15) is 4.98 Å². The van der Waals surface area contributed by atoms with Gasteiger partial charge in [-0.25, -0.2) is 14.3 Å². The van der Waals surface area contributed by atoms with Crippen molar-refractivity contribution in [2.75, 3.05) is 37.0 Å². The topological polar surface area (TPSA) is 97.5 Å².